The van der Waals surface area contributed by atoms with Gasteiger partial charge in [0.1, 0.15) is 12.8 Å². The van der Waals surface area contributed by atoms with Gasteiger partial charge in [0, 0.05) is 36.0 Å². The number of nitrogens with one attached hydrogen (secondary N) is 1. The fourth-order valence-electron chi connectivity index (χ4n) is 3.50. The maximum atomic E-state index is 12.7. The molecule has 29 heavy (non-hydrogen) atoms. The van der Waals surface area contributed by atoms with E-state index in [4.69, 9.17) is 16.3 Å². The minimum absolute atomic E-state index is 0.0442. The summed E-state index contributed by atoms with van der Waals surface area (Å²) < 4.78 is 5.20. The number of hydrogen-bond acceptors (Lipinski definition) is 8. The second kappa shape index (κ2) is 9.46. The van der Waals surface area contributed by atoms with E-state index in [0.29, 0.717) is 40.3 Å². The number of methoxy groups -OCH3 is 1. The predicted octanol–water partition coefficient (Wildman–Crippen LogP) is 1.55. The van der Waals surface area contributed by atoms with E-state index in [0.717, 1.165) is 0 Å². The van der Waals surface area contributed by atoms with Crippen LogP contribution in [0.3, 0.4) is 0 Å². The predicted molar refractivity (Wildman–Crippen MR) is 115 cm³/mol. The van der Waals surface area contributed by atoms with E-state index in [-0.39, 0.29) is 18.5 Å². The van der Waals surface area contributed by atoms with Crippen molar-refractivity contribution in [2.45, 2.75) is 25.4 Å². The van der Waals surface area contributed by atoms with Crippen molar-refractivity contribution in [1.82, 2.24) is 9.80 Å². The number of amidine groups is 1. The normalized spacial score (nSPS) is 23.1. The zero-order valence-corrected chi connectivity index (χ0v) is 18.1. The molecule has 0 fully saturated rings. The van der Waals surface area contributed by atoms with Crippen molar-refractivity contribution in [3.63, 3.8) is 0 Å². The minimum Gasteiger partial charge on any atom is -0.383 e. The lowest BCUT2D eigenvalue weighted by atomic mass is 10.1. The Kier molecular flexibility index (Phi) is 7.20. The lowest BCUT2D eigenvalue weighted by Crippen LogP contribution is -2.46. The number of carbonyl (C=O) groups excluding carboxylic acids is 1. The first kappa shape index (κ1) is 22.1. The van der Waals surface area contributed by atoms with E-state index >= 15 is 0 Å². The minimum atomic E-state index is -1.04. The van der Waals surface area contributed by atoms with Gasteiger partial charge in [-0.1, -0.05) is 23.4 Å². The lowest BCUT2D eigenvalue weighted by Gasteiger charge is -2.34. The molecule has 1 aromatic rings. The largest absolute Gasteiger partial charge is 0.383 e. The van der Waals surface area contributed by atoms with Gasteiger partial charge in [0.15, 0.2) is 11.4 Å². The molecule has 2 aliphatic rings. The number of benzene rings is 1. The Morgan fingerprint density at radius 3 is 2.72 bits per heavy atom. The fraction of sp³-hybridized carbons (Fsp3) is 0.474. The summed E-state index contributed by atoms with van der Waals surface area (Å²) in [5, 5.41) is 25.3. The Hall–Kier alpha value is -1.62. The van der Waals surface area contributed by atoms with Crippen molar-refractivity contribution >= 4 is 40.1 Å². The van der Waals surface area contributed by atoms with Crippen LogP contribution in [0.15, 0.2) is 40.5 Å². The van der Waals surface area contributed by atoms with E-state index in [9.17, 15) is 15.0 Å². The molecule has 0 spiro atoms. The summed E-state index contributed by atoms with van der Waals surface area (Å²) in [6.07, 6.45) is -0.198. The van der Waals surface area contributed by atoms with Gasteiger partial charge in [-0.15, -0.1) is 0 Å². The van der Waals surface area contributed by atoms with Gasteiger partial charge < -0.3 is 25.2 Å². The van der Waals surface area contributed by atoms with Crippen molar-refractivity contribution in [3.8, 4) is 0 Å². The van der Waals surface area contributed by atoms with E-state index in [1.807, 2.05) is 18.1 Å². The number of nitrogens with zero attached hydrogens (tertiary/aromatic N) is 3. The maximum absolute atomic E-state index is 12.7. The Bertz CT molecular complexity index is 817. The average molecular weight is 441 g/mol. The van der Waals surface area contributed by atoms with Gasteiger partial charge >= 0.3 is 0 Å². The van der Waals surface area contributed by atoms with Gasteiger partial charge in [-0.2, -0.15) is 0 Å². The molecule has 1 aromatic carbocycles. The molecule has 3 atom stereocenters. The molecule has 2 aliphatic heterocycles. The summed E-state index contributed by atoms with van der Waals surface area (Å²) in [6, 6.07) is 6.74. The number of anilines is 1. The topological polar surface area (TPSA) is 97.6 Å². The Morgan fingerprint density at radius 1 is 1.41 bits per heavy atom. The van der Waals surface area contributed by atoms with Crippen molar-refractivity contribution in [3.05, 3.63) is 40.6 Å². The van der Waals surface area contributed by atoms with Crippen LogP contribution in [-0.2, 0) is 9.53 Å². The van der Waals surface area contributed by atoms with Crippen LogP contribution in [0.5, 0.6) is 0 Å². The van der Waals surface area contributed by atoms with Crippen LogP contribution in [0.25, 0.3) is 0 Å². The van der Waals surface area contributed by atoms with Gasteiger partial charge in [-0.3, -0.25) is 9.69 Å². The molecule has 0 aromatic heterocycles. The number of ether oxygens (including phenoxy) is 1. The van der Waals surface area contributed by atoms with Crippen LogP contribution in [0.4, 0.5) is 5.69 Å². The smallest absolute Gasteiger partial charge is 0.244 e. The van der Waals surface area contributed by atoms with Crippen LogP contribution >= 0.6 is 23.4 Å². The van der Waals surface area contributed by atoms with Crippen LogP contribution in [0.1, 0.15) is 6.92 Å². The molecule has 158 valence electrons. The summed E-state index contributed by atoms with van der Waals surface area (Å²) in [7, 11) is 1.60. The summed E-state index contributed by atoms with van der Waals surface area (Å²) in [5.41, 5.74) is 1.72. The van der Waals surface area contributed by atoms with E-state index in [2.05, 4.69) is 10.3 Å². The molecule has 3 N–H and O–H groups in total. The van der Waals surface area contributed by atoms with E-state index in [1.165, 1.54) is 11.8 Å². The third kappa shape index (κ3) is 4.76. The average Bonchev–Trinajstić information content (AvgIpc) is 3.04. The van der Waals surface area contributed by atoms with Crippen LogP contribution in [0.2, 0.25) is 5.02 Å². The third-order valence-corrected chi connectivity index (χ3v) is 5.84. The van der Waals surface area contributed by atoms with E-state index < -0.39 is 12.5 Å². The van der Waals surface area contributed by atoms with Crippen molar-refractivity contribution in [2.75, 3.05) is 38.4 Å². The standard InChI is InChI=1S/C19H25ClN4O4S/c1-11(10-28-2)23-8-14-16(18(23)27)24(19(29-3)22-17(14)26)9-15(25)21-13-6-4-12(20)5-7-13/h4-7,11,17-18,26-27H,8-10H2,1-3H3,(H,21,25)/t11-,17-,18-/m0/s1. The first-order valence-electron chi connectivity index (χ1n) is 9.14. The fourth-order valence-corrected chi connectivity index (χ4v) is 4.21. The molecule has 10 heteroatoms. The number of aliphatic hydroxyl groups is 2. The van der Waals surface area contributed by atoms with Crippen molar-refractivity contribution in [1.29, 1.82) is 0 Å². The molecule has 1 amide bonds. The second-order valence-corrected chi connectivity index (χ2v) is 8.10. The van der Waals surface area contributed by atoms with Gasteiger partial charge in [0.05, 0.1) is 12.3 Å². The van der Waals surface area contributed by atoms with Gasteiger partial charge in [-0.05, 0) is 37.4 Å². The molecule has 0 saturated carbocycles. The summed E-state index contributed by atoms with van der Waals surface area (Å²) in [6.45, 7) is 2.67. The SMILES string of the molecule is COC[C@H](C)N1CC2=C([C@@H]1O)N(CC(=O)Nc1ccc(Cl)cc1)C(SC)=N[C@H]2O. The number of aliphatic imine (C=N–C) groups is 1. The first-order chi connectivity index (χ1) is 13.8. The highest BCUT2D eigenvalue weighted by molar-refractivity contribution is 8.13. The number of amides is 1. The summed E-state index contributed by atoms with van der Waals surface area (Å²) in [5.74, 6) is -0.270. The molecule has 0 aliphatic carbocycles. The third-order valence-electron chi connectivity index (χ3n) is 4.89. The number of halogens is 1. The molecule has 0 unspecified atom stereocenters. The van der Waals surface area contributed by atoms with Crippen LogP contribution in [0, 0.1) is 0 Å². The molecule has 3 rings (SSSR count). The monoisotopic (exact) mass is 440 g/mol. The molecule has 2 heterocycles. The van der Waals surface area contributed by atoms with Crippen LogP contribution < -0.4 is 5.32 Å². The number of rotatable bonds is 6. The lowest BCUT2D eigenvalue weighted by molar-refractivity contribution is -0.116. The second-order valence-electron chi connectivity index (χ2n) is 6.89. The molecule has 0 saturated heterocycles. The molecule has 0 bridgehead atoms. The van der Waals surface area contributed by atoms with Gasteiger partial charge in [0.2, 0.25) is 5.91 Å². The van der Waals surface area contributed by atoms with Gasteiger partial charge in [0.25, 0.3) is 0 Å². The Labute approximate surface area is 179 Å². The summed E-state index contributed by atoms with van der Waals surface area (Å²) in [4.78, 5) is 20.5. The number of aliphatic hydroxyl groups excluding tert-OH is 2. The highest BCUT2D eigenvalue weighted by Gasteiger charge is 2.43. The number of carbonyl (C=O) groups is 1. The zero-order chi connectivity index (χ0) is 21.1. The highest BCUT2D eigenvalue weighted by Crippen LogP contribution is 2.35. The molecular weight excluding hydrogens is 416 g/mol. The molecule has 8 nitrogen and oxygen atoms in total. The molecule has 0 radical (unpaired) electrons. The quantitative estimate of drug-likeness (QED) is 0.617. The highest BCUT2D eigenvalue weighted by atomic mass is 35.5. The van der Waals surface area contributed by atoms with Crippen LogP contribution in [-0.4, -0.2) is 82.6 Å². The van der Waals surface area contributed by atoms with Crippen molar-refractivity contribution < 1.29 is 19.7 Å². The zero-order valence-electron chi connectivity index (χ0n) is 16.5. The Morgan fingerprint density at radius 2 is 2.10 bits per heavy atom. The maximum Gasteiger partial charge on any atom is 0.244 e. The number of thioether (sulfide) groups is 1. The van der Waals surface area contributed by atoms with Gasteiger partial charge in [-0.25, -0.2) is 4.99 Å². The number of hydrogen-bond donors (Lipinski definition) is 3. The van der Waals surface area contributed by atoms with Crippen molar-refractivity contribution in [2.24, 2.45) is 4.99 Å². The summed E-state index contributed by atoms with van der Waals surface area (Å²) >= 11 is 7.19. The first-order valence-corrected chi connectivity index (χ1v) is 10.7. The Balaban J connectivity index is 1.80. The molecular formula is C19H25ClN4O4S. The van der Waals surface area contributed by atoms with E-state index in [1.54, 1.807) is 36.3 Å².